The van der Waals surface area contributed by atoms with Gasteiger partial charge in [0.05, 0.1) is 6.61 Å². The Morgan fingerprint density at radius 1 is 1.56 bits per heavy atom. The maximum absolute atomic E-state index is 10.7. The highest BCUT2D eigenvalue weighted by Crippen LogP contribution is 1.97. The van der Waals surface area contributed by atoms with E-state index in [1.807, 2.05) is 0 Å². The third kappa shape index (κ3) is 3.91. The van der Waals surface area contributed by atoms with Gasteiger partial charge in [0.2, 0.25) is 0 Å². The summed E-state index contributed by atoms with van der Waals surface area (Å²) in [7, 11) is 0. The third-order valence-electron chi connectivity index (χ3n) is 1.02. The summed E-state index contributed by atoms with van der Waals surface area (Å²) in [5, 5.41) is 9.88. The smallest absolute Gasteiger partial charge is 0.158 e. The molecule has 0 aliphatic rings. The Hall–Kier alpha value is -0.630. The first-order valence-corrected chi connectivity index (χ1v) is 2.95. The Morgan fingerprint density at radius 2 is 2.11 bits per heavy atom. The lowest BCUT2D eigenvalue weighted by Gasteiger charge is -1.93. The monoisotopic (exact) mass is 127 g/mol. The summed E-state index contributed by atoms with van der Waals surface area (Å²) in [4.78, 5) is 10.7. The molecule has 0 amide bonds. The van der Waals surface area contributed by atoms with Gasteiger partial charge in [0.15, 0.2) is 5.78 Å². The zero-order valence-corrected chi connectivity index (χ0v) is 5.64. The second-order valence-electron chi connectivity index (χ2n) is 2.01. The number of carbonyl (C=O) groups is 1. The topological polar surface area (TPSA) is 37.0 Å². The molecule has 9 heavy (non-hydrogen) atoms. The Balaban J connectivity index is 3.39. The second kappa shape index (κ2) is 4.27. The van der Waals surface area contributed by atoms with E-state index in [9.17, 15) is 9.90 Å². The van der Waals surface area contributed by atoms with E-state index < -0.39 is 0 Å². The zero-order chi connectivity index (χ0) is 7.28. The predicted molar refractivity (Wildman–Crippen MR) is 34.6 cm³/mol. The first-order valence-electron chi connectivity index (χ1n) is 2.95. The van der Waals surface area contributed by atoms with Crippen molar-refractivity contribution in [2.45, 2.75) is 19.8 Å². The van der Waals surface area contributed by atoms with Crippen LogP contribution in [0.15, 0.2) is 12.2 Å². The fraction of sp³-hybridized carbons (Fsp3) is 0.571. The molecule has 0 heterocycles. The van der Waals surface area contributed by atoms with Crippen LogP contribution in [0.5, 0.6) is 0 Å². The largest absolute Gasteiger partial charge is 0.295 e. The fourth-order valence-corrected chi connectivity index (χ4v) is 0.446. The molecular formula is C7H11O2. The van der Waals surface area contributed by atoms with E-state index in [-0.39, 0.29) is 12.4 Å². The number of ketones is 1. The molecule has 51 valence electrons. The summed E-state index contributed by atoms with van der Waals surface area (Å²) >= 11 is 0. The van der Waals surface area contributed by atoms with E-state index in [0.29, 0.717) is 18.4 Å². The minimum atomic E-state index is -0.168. The molecule has 0 rings (SSSR count). The van der Waals surface area contributed by atoms with Gasteiger partial charge in [-0.2, -0.15) is 0 Å². The molecule has 0 fully saturated rings. The highest BCUT2D eigenvalue weighted by molar-refractivity contribution is 5.93. The molecule has 1 radical (unpaired) electrons. The van der Waals surface area contributed by atoms with E-state index in [2.05, 4.69) is 6.58 Å². The van der Waals surface area contributed by atoms with Gasteiger partial charge >= 0.3 is 0 Å². The van der Waals surface area contributed by atoms with Crippen LogP contribution in [0.3, 0.4) is 0 Å². The van der Waals surface area contributed by atoms with Crippen LogP contribution in [0, 0.1) is 0 Å². The maximum Gasteiger partial charge on any atom is 0.158 e. The minimum Gasteiger partial charge on any atom is -0.295 e. The average Bonchev–Trinajstić information content (AvgIpc) is 1.82. The molecule has 0 aromatic heterocycles. The summed E-state index contributed by atoms with van der Waals surface area (Å²) in [6.45, 7) is 4.95. The van der Waals surface area contributed by atoms with Crippen LogP contribution in [0.4, 0.5) is 0 Å². The molecule has 0 bridgehead atoms. The zero-order valence-electron chi connectivity index (χ0n) is 5.64. The van der Waals surface area contributed by atoms with Crippen LogP contribution in [0.1, 0.15) is 19.8 Å². The van der Waals surface area contributed by atoms with Crippen molar-refractivity contribution in [3.63, 3.8) is 0 Å². The molecule has 0 aromatic rings. The molecule has 0 aromatic carbocycles. The van der Waals surface area contributed by atoms with Crippen molar-refractivity contribution in [3.8, 4) is 0 Å². The predicted octanol–water partition coefficient (Wildman–Crippen LogP) is 1.34. The third-order valence-corrected chi connectivity index (χ3v) is 1.02. The van der Waals surface area contributed by atoms with Crippen molar-refractivity contribution >= 4 is 5.78 Å². The van der Waals surface area contributed by atoms with Gasteiger partial charge in [-0.15, -0.1) is 0 Å². The van der Waals surface area contributed by atoms with Gasteiger partial charge < -0.3 is 0 Å². The van der Waals surface area contributed by atoms with Crippen molar-refractivity contribution in [3.05, 3.63) is 12.2 Å². The molecule has 2 nitrogen and oxygen atoms in total. The number of Topliss-reactive ketones (excluding diaryl/α,β-unsaturated/α-hetero) is 1. The SMILES string of the molecule is C=C(C)C(=O)CCC[O]. The number of allylic oxidation sites excluding steroid dienone is 1. The van der Waals surface area contributed by atoms with Crippen LogP contribution in [-0.4, -0.2) is 12.4 Å². The van der Waals surface area contributed by atoms with Gasteiger partial charge in [-0.1, -0.05) is 6.58 Å². The van der Waals surface area contributed by atoms with Crippen LogP contribution in [0.2, 0.25) is 0 Å². The van der Waals surface area contributed by atoms with E-state index in [1.54, 1.807) is 6.92 Å². The summed E-state index contributed by atoms with van der Waals surface area (Å²) in [6, 6.07) is 0. The lowest BCUT2D eigenvalue weighted by Crippen LogP contribution is -1.98. The van der Waals surface area contributed by atoms with Crippen LogP contribution >= 0.6 is 0 Å². The molecular weight excluding hydrogens is 116 g/mol. The van der Waals surface area contributed by atoms with Crippen molar-refractivity contribution in [2.24, 2.45) is 0 Å². The lowest BCUT2D eigenvalue weighted by atomic mass is 10.1. The van der Waals surface area contributed by atoms with Crippen LogP contribution in [0.25, 0.3) is 0 Å². The van der Waals surface area contributed by atoms with Gasteiger partial charge in [0, 0.05) is 6.42 Å². The lowest BCUT2D eigenvalue weighted by molar-refractivity contribution is -0.115. The summed E-state index contributed by atoms with van der Waals surface area (Å²) < 4.78 is 0. The molecule has 0 atom stereocenters. The van der Waals surface area contributed by atoms with Gasteiger partial charge in [-0.3, -0.25) is 4.79 Å². The quantitative estimate of drug-likeness (QED) is 0.525. The van der Waals surface area contributed by atoms with E-state index in [4.69, 9.17) is 0 Å². The minimum absolute atomic E-state index is 0.00542. The van der Waals surface area contributed by atoms with Gasteiger partial charge in [0.25, 0.3) is 0 Å². The average molecular weight is 127 g/mol. The van der Waals surface area contributed by atoms with Crippen molar-refractivity contribution < 1.29 is 9.90 Å². The maximum atomic E-state index is 10.7. The normalized spacial score (nSPS) is 9.11. The molecule has 0 aliphatic carbocycles. The van der Waals surface area contributed by atoms with Gasteiger partial charge in [-0.25, -0.2) is 5.11 Å². The number of rotatable bonds is 4. The molecule has 2 heteroatoms. The Kier molecular flexibility index (Phi) is 3.97. The van der Waals surface area contributed by atoms with Crippen LogP contribution < -0.4 is 0 Å². The van der Waals surface area contributed by atoms with Crippen molar-refractivity contribution in [2.75, 3.05) is 6.61 Å². The molecule has 0 saturated heterocycles. The van der Waals surface area contributed by atoms with Crippen LogP contribution in [-0.2, 0) is 9.90 Å². The van der Waals surface area contributed by atoms with Crippen molar-refractivity contribution in [1.29, 1.82) is 0 Å². The first kappa shape index (κ1) is 8.37. The standard InChI is InChI=1S/C7H11O2/c1-6(2)7(9)4-3-5-8/h1,3-5H2,2H3. The van der Waals surface area contributed by atoms with Gasteiger partial charge in [-0.05, 0) is 18.9 Å². The van der Waals surface area contributed by atoms with Gasteiger partial charge in [0.1, 0.15) is 0 Å². The Labute approximate surface area is 55.2 Å². The molecule has 0 N–H and O–H groups in total. The summed E-state index contributed by atoms with van der Waals surface area (Å²) in [5.41, 5.74) is 0.545. The summed E-state index contributed by atoms with van der Waals surface area (Å²) in [5.74, 6) is 0.00542. The second-order valence-corrected chi connectivity index (χ2v) is 2.01. The molecule has 0 saturated carbocycles. The number of hydrogen-bond acceptors (Lipinski definition) is 1. The van der Waals surface area contributed by atoms with E-state index in [0.717, 1.165) is 0 Å². The highest BCUT2D eigenvalue weighted by atomic mass is 16.3. The fourth-order valence-electron chi connectivity index (χ4n) is 0.446. The molecule has 0 aliphatic heterocycles. The Bertz CT molecular complexity index is 116. The van der Waals surface area contributed by atoms with Crippen molar-refractivity contribution in [1.82, 2.24) is 0 Å². The Morgan fingerprint density at radius 3 is 2.44 bits per heavy atom. The number of hydrogen-bond donors (Lipinski definition) is 0. The number of carbonyl (C=O) groups excluding carboxylic acids is 1. The first-order chi connectivity index (χ1) is 4.18. The molecule has 0 unspecified atom stereocenters. The van der Waals surface area contributed by atoms with E-state index in [1.165, 1.54) is 0 Å². The highest BCUT2D eigenvalue weighted by Gasteiger charge is 1.99. The molecule has 0 spiro atoms. The summed E-state index contributed by atoms with van der Waals surface area (Å²) in [6.07, 6.45) is 0.796. The van der Waals surface area contributed by atoms with E-state index >= 15 is 0 Å².